The third-order valence-electron chi connectivity index (χ3n) is 18.4. The summed E-state index contributed by atoms with van der Waals surface area (Å²) in [6.45, 7) is 1.69. The van der Waals surface area contributed by atoms with Gasteiger partial charge in [0.1, 0.15) is 73.2 Å². The van der Waals surface area contributed by atoms with Crippen LogP contribution in [-0.2, 0) is 33.2 Å². The number of rotatable bonds is 57. The molecule has 0 aliphatic carbocycles. The van der Waals surface area contributed by atoms with E-state index in [-0.39, 0.29) is 18.9 Å². The van der Waals surface area contributed by atoms with Crippen LogP contribution in [0.5, 0.6) is 0 Å². The Morgan fingerprint density at radius 1 is 0.402 bits per heavy atom. The van der Waals surface area contributed by atoms with Crippen LogP contribution in [0.15, 0.2) is 48.6 Å². The summed E-state index contributed by atoms with van der Waals surface area (Å²) in [5, 5.41) is 121. The van der Waals surface area contributed by atoms with Crippen LogP contribution in [0, 0.1) is 0 Å². The molecule has 3 rings (SSSR count). The number of carbonyl (C=O) groups excluding carboxylic acids is 1. The van der Waals surface area contributed by atoms with E-state index in [4.69, 9.17) is 28.4 Å². The second kappa shape index (κ2) is 54.7. The van der Waals surface area contributed by atoms with Gasteiger partial charge in [-0.25, -0.2) is 0 Å². The molecule has 0 radical (unpaired) electrons. The van der Waals surface area contributed by atoms with Crippen LogP contribution >= 0.6 is 0 Å². The summed E-state index contributed by atoms with van der Waals surface area (Å²) < 4.78 is 34.4. The average Bonchev–Trinajstić information content (AvgIpc) is 0.838. The highest BCUT2D eigenvalue weighted by Gasteiger charge is 2.53. The molecule has 3 aliphatic heterocycles. The van der Waals surface area contributed by atoms with Crippen molar-refractivity contribution in [1.29, 1.82) is 0 Å². The van der Waals surface area contributed by atoms with E-state index in [0.717, 1.165) is 77.0 Å². The van der Waals surface area contributed by atoms with Gasteiger partial charge in [-0.15, -0.1) is 0 Å². The lowest BCUT2D eigenvalue weighted by molar-refractivity contribution is -0.379. The number of amides is 1. The van der Waals surface area contributed by atoms with Crippen molar-refractivity contribution in [3.05, 3.63) is 48.6 Å². The number of nitrogens with one attached hydrogen (secondary N) is 1. The quantitative estimate of drug-likeness (QED) is 0.0199. The number of unbranched alkanes of at least 4 members (excludes halogenated alkanes) is 33. The molecule has 0 saturated carbocycles. The maximum Gasteiger partial charge on any atom is 0.220 e. The lowest BCUT2D eigenvalue weighted by Gasteiger charge is -2.48. The third kappa shape index (κ3) is 35.8. The van der Waals surface area contributed by atoms with Gasteiger partial charge >= 0.3 is 0 Å². The first-order valence-electron chi connectivity index (χ1n) is 36.9. The lowest BCUT2D eigenvalue weighted by atomic mass is 9.96. The van der Waals surface area contributed by atoms with Gasteiger partial charge in [0.05, 0.1) is 38.6 Å². The SMILES string of the molecule is CC/C=C\C/C=C\C/C=C\C/C=C\CCCCCCC(=O)NC(COC1OC(CO)C(OC2OC(CO)C(OC3OC(CO)C(O)C(O)C3O)C(O)C2O)C(O)C1O)C(O)CCCCCCCCCCCCCCCCCCCCCCCCCCCCCCCC. The van der Waals surface area contributed by atoms with Crippen LogP contribution in [0.25, 0.3) is 0 Å². The Bertz CT molecular complexity index is 1860. The predicted octanol–water partition coefficient (Wildman–Crippen LogP) is 10.6. The van der Waals surface area contributed by atoms with E-state index in [9.17, 15) is 61.0 Å². The van der Waals surface area contributed by atoms with E-state index in [1.54, 1.807) is 0 Å². The van der Waals surface area contributed by atoms with Crippen molar-refractivity contribution in [2.24, 2.45) is 0 Å². The van der Waals surface area contributed by atoms with E-state index >= 15 is 0 Å². The Morgan fingerprint density at radius 3 is 1.17 bits per heavy atom. The number of hydrogen-bond acceptors (Lipinski definition) is 18. The van der Waals surface area contributed by atoms with E-state index in [0.29, 0.717) is 12.8 Å². The van der Waals surface area contributed by atoms with Crippen LogP contribution in [0.4, 0.5) is 0 Å². The number of ether oxygens (including phenoxy) is 6. The van der Waals surface area contributed by atoms with E-state index < -0.39 is 124 Å². The van der Waals surface area contributed by atoms with Gasteiger partial charge in [0, 0.05) is 6.42 Å². The summed E-state index contributed by atoms with van der Waals surface area (Å²) >= 11 is 0. The number of aliphatic hydroxyl groups is 11. The van der Waals surface area contributed by atoms with Gasteiger partial charge in [-0.05, 0) is 51.4 Å². The van der Waals surface area contributed by atoms with Gasteiger partial charge in [-0.1, -0.05) is 268 Å². The molecule has 538 valence electrons. The highest BCUT2D eigenvalue weighted by Crippen LogP contribution is 2.33. The fourth-order valence-corrected chi connectivity index (χ4v) is 12.5. The van der Waals surface area contributed by atoms with Gasteiger partial charge in [0.2, 0.25) is 5.91 Å². The zero-order chi connectivity index (χ0) is 66.8. The molecule has 1 amide bonds. The smallest absolute Gasteiger partial charge is 0.220 e. The van der Waals surface area contributed by atoms with Crippen molar-refractivity contribution < 1.29 is 89.4 Å². The van der Waals surface area contributed by atoms with Gasteiger partial charge in [0.25, 0.3) is 0 Å². The minimum atomic E-state index is -1.98. The summed E-state index contributed by atoms with van der Waals surface area (Å²) in [5.41, 5.74) is 0. The minimum Gasteiger partial charge on any atom is -0.394 e. The third-order valence-corrected chi connectivity index (χ3v) is 18.4. The molecule has 3 aliphatic rings. The molecule has 0 aromatic carbocycles. The van der Waals surface area contributed by atoms with Gasteiger partial charge in [-0.2, -0.15) is 0 Å². The maximum atomic E-state index is 13.4. The van der Waals surface area contributed by atoms with Crippen LogP contribution in [0.3, 0.4) is 0 Å². The fourth-order valence-electron chi connectivity index (χ4n) is 12.5. The van der Waals surface area contributed by atoms with Gasteiger partial charge in [0.15, 0.2) is 18.9 Å². The molecule has 92 heavy (non-hydrogen) atoms. The first-order valence-corrected chi connectivity index (χ1v) is 36.9. The molecule has 17 atom stereocenters. The summed E-state index contributed by atoms with van der Waals surface area (Å²) in [4.78, 5) is 13.4. The van der Waals surface area contributed by atoms with Gasteiger partial charge in [-0.3, -0.25) is 4.79 Å². The van der Waals surface area contributed by atoms with Crippen molar-refractivity contribution in [3.63, 3.8) is 0 Å². The maximum absolute atomic E-state index is 13.4. The van der Waals surface area contributed by atoms with Crippen LogP contribution < -0.4 is 5.32 Å². The van der Waals surface area contributed by atoms with Crippen LogP contribution in [0.2, 0.25) is 0 Å². The normalized spacial score (nSPS) is 27.9. The number of aliphatic hydroxyl groups excluding tert-OH is 11. The van der Waals surface area contributed by atoms with Crippen molar-refractivity contribution in [3.8, 4) is 0 Å². The number of allylic oxidation sites excluding steroid dienone is 8. The highest BCUT2D eigenvalue weighted by atomic mass is 16.8. The second-order valence-electron chi connectivity index (χ2n) is 26.4. The highest BCUT2D eigenvalue weighted by molar-refractivity contribution is 5.76. The Balaban J connectivity index is 1.39. The number of carbonyl (C=O) groups is 1. The lowest BCUT2D eigenvalue weighted by Crippen LogP contribution is -2.66. The van der Waals surface area contributed by atoms with Gasteiger partial charge < -0.3 is 89.9 Å². The Kier molecular flexibility index (Phi) is 50.0. The molecule has 0 aromatic heterocycles. The van der Waals surface area contributed by atoms with Crippen molar-refractivity contribution in [1.82, 2.24) is 5.32 Å². The molecule has 3 heterocycles. The Labute approximate surface area is 554 Å². The topological polar surface area (TPSA) is 307 Å². The minimum absolute atomic E-state index is 0.237. The van der Waals surface area contributed by atoms with Crippen molar-refractivity contribution >= 4 is 5.91 Å². The van der Waals surface area contributed by atoms with Crippen LogP contribution in [-0.4, -0.2) is 193 Å². The summed E-state index contributed by atoms with van der Waals surface area (Å²) in [5.74, 6) is -0.264. The average molecular weight is 1310 g/mol. The molecular formula is C73H133NO18. The molecule has 0 aromatic rings. The molecule has 12 N–H and O–H groups in total. The van der Waals surface area contributed by atoms with Crippen LogP contribution in [0.1, 0.15) is 277 Å². The molecule has 3 saturated heterocycles. The Hall–Kier alpha value is -2.25. The summed E-state index contributed by atoms with van der Waals surface area (Å²) in [6, 6.07) is -0.903. The first kappa shape index (κ1) is 84.0. The predicted molar refractivity (Wildman–Crippen MR) is 360 cm³/mol. The number of hydrogen-bond donors (Lipinski definition) is 12. The largest absolute Gasteiger partial charge is 0.394 e. The first-order chi connectivity index (χ1) is 44.8. The monoisotopic (exact) mass is 1310 g/mol. The van der Waals surface area contributed by atoms with Crippen molar-refractivity contribution in [2.45, 2.75) is 381 Å². The van der Waals surface area contributed by atoms with Crippen molar-refractivity contribution in [2.75, 3.05) is 26.4 Å². The Morgan fingerprint density at radius 2 is 0.750 bits per heavy atom. The van der Waals surface area contributed by atoms with E-state index in [1.807, 2.05) is 0 Å². The molecule has 0 spiro atoms. The summed E-state index contributed by atoms with van der Waals surface area (Å²) in [7, 11) is 0. The molecule has 3 fully saturated rings. The second-order valence-corrected chi connectivity index (χ2v) is 26.4. The molecule has 19 nitrogen and oxygen atoms in total. The standard InChI is InChI=1S/C73H133NO18/c1-3-5-7-9-11-13-15-17-19-21-22-23-24-25-26-27-28-29-30-31-32-33-35-36-38-40-42-44-46-48-50-57(78)56(74-61(79)51-49-47-45-43-41-39-37-34-20-18-16-14-12-10-8-6-4-2)55-87-71-67(85)64(82)69(59(53-76)89-71)92-73-68(86)65(83)70(60(54-77)90-73)91-72-66(84)63(81)62(80)58(52-75)88-72/h6,8,12,14,18,20,37,39,56-60,62-73,75-78,80-86H,3-5,7,9-11,13,15-17,19,21-36,38,40-55H2,1-2H3,(H,74,79)/b8-6-,14-12-,20-18-,39-37-. The zero-order valence-corrected chi connectivity index (χ0v) is 57.0. The molecule has 17 unspecified atom stereocenters. The van der Waals surface area contributed by atoms with E-state index in [1.165, 1.54) is 167 Å². The molecule has 19 heteroatoms. The zero-order valence-electron chi connectivity index (χ0n) is 57.0. The molecule has 0 bridgehead atoms. The molecular weight excluding hydrogens is 1180 g/mol. The summed E-state index contributed by atoms with van der Waals surface area (Å²) in [6.07, 6.45) is 39.2. The van der Waals surface area contributed by atoms with E-state index in [2.05, 4.69) is 67.8 Å². The fraction of sp³-hybridized carbons (Fsp3) is 0.877.